The number of ether oxygens (including phenoxy) is 1. The maximum atomic E-state index is 12.0. The molecule has 1 N–H and O–H groups in total. The summed E-state index contributed by atoms with van der Waals surface area (Å²) in [4.78, 5) is 25.7. The highest BCUT2D eigenvalue weighted by Gasteiger charge is 2.23. The van der Waals surface area contributed by atoms with E-state index in [1.165, 1.54) is 0 Å². The van der Waals surface area contributed by atoms with Gasteiger partial charge in [0.1, 0.15) is 0 Å². The van der Waals surface area contributed by atoms with Crippen LogP contribution in [0.25, 0.3) is 0 Å². The summed E-state index contributed by atoms with van der Waals surface area (Å²) in [6.07, 6.45) is 6.70. The van der Waals surface area contributed by atoms with E-state index in [1.54, 1.807) is 11.8 Å². The van der Waals surface area contributed by atoms with Gasteiger partial charge >= 0.3 is 0 Å². The summed E-state index contributed by atoms with van der Waals surface area (Å²) in [7, 11) is 0. The smallest absolute Gasteiger partial charge is 0.232 e. The molecule has 0 radical (unpaired) electrons. The van der Waals surface area contributed by atoms with Crippen LogP contribution in [-0.4, -0.2) is 61.6 Å². The second-order valence-electron chi connectivity index (χ2n) is 6.35. The number of thioether (sulfide) groups is 1. The fourth-order valence-electron chi connectivity index (χ4n) is 3.16. The summed E-state index contributed by atoms with van der Waals surface area (Å²) >= 11 is 1.58. The van der Waals surface area contributed by atoms with Crippen molar-refractivity contribution in [2.24, 2.45) is 11.8 Å². The first-order valence-electron chi connectivity index (χ1n) is 8.30. The van der Waals surface area contributed by atoms with Crippen molar-refractivity contribution in [1.29, 1.82) is 0 Å². The van der Waals surface area contributed by atoms with Crippen LogP contribution in [0.15, 0.2) is 0 Å². The van der Waals surface area contributed by atoms with Gasteiger partial charge in [-0.3, -0.25) is 9.59 Å². The number of amides is 2. The molecule has 0 aromatic rings. The Morgan fingerprint density at radius 1 is 1.23 bits per heavy atom. The first kappa shape index (κ1) is 17.6. The third-order valence-electron chi connectivity index (χ3n) is 4.55. The Balaban J connectivity index is 1.59. The molecule has 2 aliphatic heterocycles. The highest BCUT2D eigenvalue weighted by molar-refractivity contribution is 7.99. The van der Waals surface area contributed by atoms with E-state index in [4.69, 9.17) is 4.74 Å². The summed E-state index contributed by atoms with van der Waals surface area (Å²) < 4.78 is 5.41. The molecule has 2 rings (SSSR count). The SMILES string of the molecule is CSCC(=O)N1CCC(CNC(=O)CC2CCCOC2)CC1. The molecule has 2 saturated heterocycles. The lowest BCUT2D eigenvalue weighted by Gasteiger charge is -2.32. The van der Waals surface area contributed by atoms with Crippen molar-refractivity contribution in [3.63, 3.8) is 0 Å². The molecular weight excluding hydrogens is 300 g/mol. The van der Waals surface area contributed by atoms with Crippen molar-refractivity contribution in [3.8, 4) is 0 Å². The van der Waals surface area contributed by atoms with Crippen molar-refractivity contribution in [2.75, 3.05) is 44.9 Å². The summed E-state index contributed by atoms with van der Waals surface area (Å²) in [5, 5.41) is 3.07. The topological polar surface area (TPSA) is 58.6 Å². The molecule has 2 heterocycles. The number of piperidine rings is 1. The van der Waals surface area contributed by atoms with Gasteiger partial charge in [-0.05, 0) is 43.8 Å². The van der Waals surface area contributed by atoms with E-state index >= 15 is 0 Å². The lowest BCUT2D eigenvalue weighted by Crippen LogP contribution is -2.42. The number of nitrogens with zero attached hydrogens (tertiary/aromatic N) is 1. The van der Waals surface area contributed by atoms with E-state index in [2.05, 4.69) is 5.32 Å². The van der Waals surface area contributed by atoms with Crippen LogP contribution in [0.4, 0.5) is 0 Å². The number of carbonyl (C=O) groups is 2. The van der Waals surface area contributed by atoms with Crippen LogP contribution < -0.4 is 5.32 Å². The Morgan fingerprint density at radius 2 is 2.00 bits per heavy atom. The van der Waals surface area contributed by atoms with E-state index in [-0.39, 0.29) is 11.8 Å². The number of hydrogen-bond donors (Lipinski definition) is 1. The summed E-state index contributed by atoms with van der Waals surface area (Å²) in [5.74, 6) is 1.86. The van der Waals surface area contributed by atoms with Crippen LogP contribution in [-0.2, 0) is 14.3 Å². The molecule has 1 unspecified atom stereocenters. The lowest BCUT2D eigenvalue weighted by molar-refractivity contribution is -0.130. The Bertz CT molecular complexity index is 364. The van der Waals surface area contributed by atoms with Crippen LogP contribution >= 0.6 is 11.8 Å². The molecule has 2 amide bonds. The van der Waals surface area contributed by atoms with Crippen molar-refractivity contribution in [1.82, 2.24) is 10.2 Å². The van der Waals surface area contributed by atoms with Gasteiger partial charge < -0.3 is 15.0 Å². The second kappa shape index (κ2) is 9.40. The van der Waals surface area contributed by atoms with Crippen molar-refractivity contribution in [3.05, 3.63) is 0 Å². The van der Waals surface area contributed by atoms with Crippen molar-refractivity contribution >= 4 is 23.6 Å². The predicted molar refractivity (Wildman–Crippen MR) is 88.9 cm³/mol. The monoisotopic (exact) mass is 328 g/mol. The average Bonchev–Trinajstić information content (AvgIpc) is 2.54. The van der Waals surface area contributed by atoms with Crippen molar-refractivity contribution < 1.29 is 14.3 Å². The van der Waals surface area contributed by atoms with Gasteiger partial charge in [-0.1, -0.05) is 0 Å². The summed E-state index contributed by atoms with van der Waals surface area (Å²) in [6.45, 7) is 3.97. The van der Waals surface area contributed by atoms with Gasteiger partial charge in [0.2, 0.25) is 11.8 Å². The quantitative estimate of drug-likeness (QED) is 0.803. The largest absolute Gasteiger partial charge is 0.381 e. The van der Waals surface area contributed by atoms with E-state index in [0.717, 1.165) is 58.5 Å². The molecule has 0 bridgehead atoms. The molecule has 126 valence electrons. The lowest BCUT2D eigenvalue weighted by atomic mass is 9.95. The minimum Gasteiger partial charge on any atom is -0.381 e. The normalized spacial score (nSPS) is 23.3. The molecule has 2 aliphatic rings. The maximum Gasteiger partial charge on any atom is 0.232 e. The minimum absolute atomic E-state index is 0.149. The molecule has 5 nitrogen and oxygen atoms in total. The van der Waals surface area contributed by atoms with Gasteiger partial charge in [-0.2, -0.15) is 11.8 Å². The van der Waals surface area contributed by atoms with Gasteiger partial charge in [-0.15, -0.1) is 0 Å². The molecule has 1 atom stereocenters. The molecule has 22 heavy (non-hydrogen) atoms. The molecular formula is C16H28N2O3S. The zero-order valence-electron chi connectivity index (χ0n) is 13.5. The van der Waals surface area contributed by atoms with Gasteiger partial charge in [0, 0.05) is 39.3 Å². The number of likely N-dealkylation sites (tertiary alicyclic amines) is 1. The van der Waals surface area contributed by atoms with Gasteiger partial charge in [0.25, 0.3) is 0 Å². The molecule has 0 saturated carbocycles. The van der Waals surface area contributed by atoms with Crippen LogP contribution in [0, 0.1) is 11.8 Å². The predicted octanol–water partition coefficient (Wildman–Crippen LogP) is 1.52. The standard InChI is InChI=1S/C16H28N2O3S/c1-22-12-16(20)18-6-4-13(5-7-18)10-17-15(19)9-14-3-2-8-21-11-14/h13-14H,2-12H2,1H3,(H,17,19). The molecule has 6 heteroatoms. The van der Waals surface area contributed by atoms with Gasteiger partial charge in [0.05, 0.1) is 5.75 Å². The number of carbonyl (C=O) groups excluding carboxylic acids is 2. The Morgan fingerprint density at radius 3 is 2.64 bits per heavy atom. The fraction of sp³-hybridized carbons (Fsp3) is 0.875. The summed E-state index contributed by atoms with van der Waals surface area (Å²) in [5.41, 5.74) is 0. The van der Waals surface area contributed by atoms with Crippen molar-refractivity contribution in [2.45, 2.75) is 32.1 Å². The van der Waals surface area contributed by atoms with Crippen LogP contribution in [0.1, 0.15) is 32.1 Å². The first-order valence-corrected chi connectivity index (χ1v) is 9.69. The third kappa shape index (κ3) is 5.80. The Labute approximate surface area is 137 Å². The fourth-order valence-corrected chi connectivity index (χ4v) is 3.59. The Kier molecular flexibility index (Phi) is 7.52. The van der Waals surface area contributed by atoms with Crippen LogP contribution in [0.2, 0.25) is 0 Å². The van der Waals surface area contributed by atoms with E-state index in [0.29, 0.717) is 24.0 Å². The molecule has 0 aliphatic carbocycles. The first-order chi connectivity index (χ1) is 10.7. The second-order valence-corrected chi connectivity index (χ2v) is 7.21. The molecule has 0 aromatic carbocycles. The van der Waals surface area contributed by atoms with Gasteiger partial charge in [0.15, 0.2) is 0 Å². The number of hydrogen-bond acceptors (Lipinski definition) is 4. The highest BCUT2D eigenvalue weighted by Crippen LogP contribution is 2.19. The van der Waals surface area contributed by atoms with E-state index in [1.807, 2.05) is 11.2 Å². The van der Waals surface area contributed by atoms with Gasteiger partial charge in [-0.25, -0.2) is 0 Å². The zero-order chi connectivity index (χ0) is 15.8. The molecule has 0 spiro atoms. The minimum atomic E-state index is 0.149. The maximum absolute atomic E-state index is 12.0. The molecule has 0 aromatic heterocycles. The number of rotatable bonds is 6. The van der Waals surface area contributed by atoms with E-state index in [9.17, 15) is 9.59 Å². The van der Waals surface area contributed by atoms with Crippen LogP contribution in [0.3, 0.4) is 0 Å². The highest BCUT2D eigenvalue weighted by atomic mass is 32.2. The Hall–Kier alpha value is -0.750. The zero-order valence-corrected chi connectivity index (χ0v) is 14.3. The summed E-state index contributed by atoms with van der Waals surface area (Å²) in [6, 6.07) is 0. The number of nitrogens with one attached hydrogen (secondary N) is 1. The van der Waals surface area contributed by atoms with E-state index < -0.39 is 0 Å². The van der Waals surface area contributed by atoms with Crippen LogP contribution in [0.5, 0.6) is 0 Å². The average molecular weight is 328 g/mol. The third-order valence-corrected chi connectivity index (χ3v) is 5.09. The molecule has 2 fully saturated rings.